The van der Waals surface area contributed by atoms with Gasteiger partial charge < -0.3 is 19.1 Å². The van der Waals surface area contributed by atoms with E-state index in [1.807, 2.05) is 4.90 Å². The molecule has 3 unspecified atom stereocenters. The second-order valence-electron chi connectivity index (χ2n) is 5.94. The molecule has 3 heterocycles. The summed E-state index contributed by atoms with van der Waals surface area (Å²) in [6.07, 6.45) is 8.12. The maximum atomic E-state index is 11.8. The van der Waals surface area contributed by atoms with E-state index in [1.54, 1.807) is 0 Å². The van der Waals surface area contributed by atoms with Crippen molar-refractivity contribution in [1.29, 1.82) is 0 Å². The van der Waals surface area contributed by atoms with Gasteiger partial charge in [0.25, 0.3) is 0 Å². The summed E-state index contributed by atoms with van der Waals surface area (Å²) in [4.78, 5) is 13.7. The van der Waals surface area contributed by atoms with E-state index in [4.69, 9.17) is 14.2 Å². The fraction of sp³-hybridized carbons (Fsp3) is 0.933. The zero-order valence-corrected chi connectivity index (χ0v) is 12.1. The normalized spacial score (nSPS) is 34.9. The number of rotatable bonds is 5. The Hall–Kier alpha value is -0.650. The van der Waals surface area contributed by atoms with Gasteiger partial charge in [0.1, 0.15) is 6.23 Å². The lowest BCUT2D eigenvalue weighted by Gasteiger charge is -2.46. The van der Waals surface area contributed by atoms with Gasteiger partial charge in [-0.25, -0.2) is 0 Å². The molecule has 0 aromatic carbocycles. The third-order valence-electron chi connectivity index (χ3n) is 4.45. The fourth-order valence-corrected chi connectivity index (χ4v) is 3.25. The Labute approximate surface area is 120 Å². The van der Waals surface area contributed by atoms with Crippen LogP contribution in [0.2, 0.25) is 0 Å². The summed E-state index contributed by atoms with van der Waals surface area (Å²) in [6, 6.07) is 0.300. The third kappa shape index (κ3) is 3.32. The lowest BCUT2D eigenvalue weighted by molar-refractivity contribution is -0.185. The molecule has 0 radical (unpaired) electrons. The molecule has 3 saturated heterocycles. The lowest BCUT2D eigenvalue weighted by atomic mass is 9.96. The van der Waals surface area contributed by atoms with Crippen LogP contribution in [0.3, 0.4) is 0 Å². The van der Waals surface area contributed by atoms with E-state index in [1.165, 1.54) is 6.42 Å². The molecule has 0 aromatic heterocycles. The summed E-state index contributed by atoms with van der Waals surface area (Å²) < 4.78 is 17.0. The van der Waals surface area contributed by atoms with Gasteiger partial charge in [-0.3, -0.25) is 4.79 Å². The molecule has 5 heteroatoms. The van der Waals surface area contributed by atoms with Crippen molar-refractivity contribution in [2.24, 2.45) is 0 Å². The van der Waals surface area contributed by atoms with Gasteiger partial charge in [-0.05, 0) is 44.9 Å². The average molecular weight is 283 g/mol. The van der Waals surface area contributed by atoms with Crippen molar-refractivity contribution in [3.63, 3.8) is 0 Å². The molecule has 0 spiro atoms. The molecule has 0 aromatic rings. The van der Waals surface area contributed by atoms with Gasteiger partial charge >= 0.3 is 0 Å². The summed E-state index contributed by atoms with van der Waals surface area (Å²) in [5, 5.41) is 0. The van der Waals surface area contributed by atoms with Gasteiger partial charge in [0.05, 0.1) is 6.61 Å². The number of carbonyl (C=O) groups excluding carboxylic acids is 1. The molecule has 0 bridgehead atoms. The minimum Gasteiger partial charge on any atom is -0.358 e. The Balaban J connectivity index is 1.39. The number of hydrogen-bond donors (Lipinski definition) is 0. The number of amides is 1. The van der Waals surface area contributed by atoms with Crippen LogP contribution in [0.5, 0.6) is 0 Å². The molecule has 0 aliphatic carbocycles. The molecule has 3 aliphatic heterocycles. The van der Waals surface area contributed by atoms with Gasteiger partial charge in [0, 0.05) is 25.7 Å². The topological polar surface area (TPSA) is 48.0 Å². The van der Waals surface area contributed by atoms with Crippen LogP contribution in [-0.2, 0) is 19.0 Å². The van der Waals surface area contributed by atoms with E-state index < -0.39 is 0 Å². The molecule has 114 valence electrons. The second kappa shape index (κ2) is 6.87. The molecule has 3 rings (SSSR count). The molecule has 0 saturated carbocycles. The predicted octanol–water partition coefficient (Wildman–Crippen LogP) is 2.05. The van der Waals surface area contributed by atoms with Crippen LogP contribution in [0.4, 0.5) is 0 Å². The lowest BCUT2D eigenvalue weighted by Crippen LogP contribution is -2.59. The number of likely N-dealkylation sites (tertiary alicyclic amines) is 1. The molecule has 1 amide bonds. The summed E-state index contributed by atoms with van der Waals surface area (Å²) >= 11 is 0. The Bertz CT molecular complexity index is 324. The third-order valence-corrected chi connectivity index (χ3v) is 4.45. The standard InChI is InChI=1S/C15H25NO4/c17-13-11-12(16(13)14-5-1-3-8-18-14)7-10-20-15-6-2-4-9-19-15/h12,14-15H,1-11H2. The van der Waals surface area contributed by atoms with Crippen LogP contribution < -0.4 is 0 Å². The van der Waals surface area contributed by atoms with E-state index >= 15 is 0 Å². The minimum absolute atomic E-state index is 0.0148. The number of hydrogen-bond acceptors (Lipinski definition) is 4. The van der Waals surface area contributed by atoms with Crippen LogP contribution in [0.15, 0.2) is 0 Å². The van der Waals surface area contributed by atoms with Crippen LogP contribution >= 0.6 is 0 Å². The zero-order valence-electron chi connectivity index (χ0n) is 12.1. The maximum absolute atomic E-state index is 11.8. The van der Waals surface area contributed by atoms with Crippen molar-refractivity contribution in [3.05, 3.63) is 0 Å². The molecule has 3 aliphatic rings. The van der Waals surface area contributed by atoms with Crippen molar-refractivity contribution < 1.29 is 19.0 Å². The first-order chi connectivity index (χ1) is 9.84. The molecule has 20 heavy (non-hydrogen) atoms. The molecular formula is C15H25NO4. The Kier molecular flexibility index (Phi) is 4.91. The first kappa shape index (κ1) is 14.3. The molecule has 3 fully saturated rings. The number of ether oxygens (including phenoxy) is 3. The van der Waals surface area contributed by atoms with Gasteiger partial charge in [-0.2, -0.15) is 0 Å². The van der Waals surface area contributed by atoms with Crippen molar-refractivity contribution in [2.75, 3.05) is 19.8 Å². The van der Waals surface area contributed by atoms with E-state index in [0.29, 0.717) is 19.1 Å². The Morgan fingerprint density at radius 3 is 2.55 bits per heavy atom. The SMILES string of the molecule is O=C1CC(CCOC2CCCCO2)N1C1CCCCO1. The van der Waals surface area contributed by atoms with Gasteiger partial charge in [0.2, 0.25) is 5.91 Å². The number of nitrogens with zero attached hydrogens (tertiary/aromatic N) is 1. The number of carbonyl (C=O) groups is 1. The monoisotopic (exact) mass is 283 g/mol. The van der Waals surface area contributed by atoms with Gasteiger partial charge in [-0.1, -0.05) is 0 Å². The number of β-lactam (4-membered cyclic amide) rings is 1. The minimum atomic E-state index is -0.0288. The summed E-state index contributed by atoms with van der Waals surface area (Å²) in [7, 11) is 0. The van der Waals surface area contributed by atoms with E-state index in [0.717, 1.165) is 51.7 Å². The van der Waals surface area contributed by atoms with Crippen LogP contribution in [0.25, 0.3) is 0 Å². The van der Waals surface area contributed by atoms with Crippen molar-refractivity contribution >= 4 is 5.91 Å². The van der Waals surface area contributed by atoms with Gasteiger partial charge in [-0.15, -0.1) is 0 Å². The molecule has 3 atom stereocenters. The summed E-state index contributed by atoms with van der Waals surface area (Å²) in [5.41, 5.74) is 0. The van der Waals surface area contributed by atoms with Crippen molar-refractivity contribution in [2.45, 2.75) is 69.9 Å². The van der Waals surface area contributed by atoms with E-state index in [-0.39, 0.29) is 18.4 Å². The summed E-state index contributed by atoms with van der Waals surface area (Å²) in [6.45, 7) is 2.27. The van der Waals surface area contributed by atoms with Crippen molar-refractivity contribution in [3.8, 4) is 0 Å². The largest absolute Gasteiger partial charge is 0.358 e. The first-order valence-electron chi connectivity index (χ1n) is 8.00. The van der Waals surface area contributed by atoms with Crippen LogP contribution in [0.1, 0.15) is 51.4 Å². The molecular weight excluding hydrogens is 258 g/mol. The van der Waals surface area contributed by atoms with Crippen LogP contribution in [0, 0.1) is 0 Å². The van der Waals surface area contributed by atoms with Gasteiger partial charge in [0.15, 0.2) is 6.29 Å². The predicted molar refractivity (Wildman–Crippen MR) is 73.0 cm³/mol. The zero-order chi connectivity index (χ0) is 13.8. The summed E-state index contributed by atoms with van der Waals surface area (Å²) in [5.74, 6) is 0.232. The Morgan fingerprint density at radius 2 is 1.90 bits per heavy atom. The van der Waals surface area contributed by atoms with Crippen LogP contribution in [-0.4, -0.2) is 49.2 Å². The fourth-order valence-electron chi connectivity index (χ4n) is 3.25. The molecule has 0 N–H and O–H groups in total. The molecule has 5 nitrogen and oxygen atoms in total. The Morgan fingerprint density at radius 1 is 1.10 bits per heavy atom. The van der Waals surface area contributed by atoms with E-state index in [2.05, 4.69) is 0 Å². The quantitative estimate of drug-likeness (QED) is 0.725. The highest BCUT2D eigenvalue weighted by molar-refractivity contribution is 5.83. The highest BCUT2D eigenvalue weighted by Gasteiger charge is 2.41. The van der Waals surface area contributed by atoms with E-state index in [9.17, 15) is 4.79 Å². The highest BCUT2D eigenvalue weighted by Crippen LogP contribution is 2.30. The average Bonchev–Trinajstić information content (AvgIpc) is 2.48. The smallest absolute Gasteiger partial charge is 0.226 e. The first-order valence-corrected chi connectivity index (χ1v) is 8.00. The highest BCUT2D eigenvalue weighted by atomic mass is 16.7. The second-order valence-corrected chi connectivity index (χ2v) is 5.94. The van der Waals surface area contributed by atoms with Crippen molar-refractivity contribution in [1.82, 2.24) is 4.90 Å². The maximum Gasteiger partial charge on any atom is 0.226 e.